The minimum absolute atomic E-state index is 0.0431. The minimum Gasteiger partial charge on any atom is -0.386 e. The van der Waals surface area contributed by atoms with Crippen LogP contribution in [0.1, 0.15) is 30.2 Å². The van der Waals surface area contributed by atoms with Crippen molar-refractivity contribution >= 4 is 17.6 Å². The van der Waals surface area contributed by atoms with Gasteiger partial charge in [-0.1, -0.05) is 17.7 Å². The van der Waals surface area contributed by atoms with E-state index in [1.54, 1.807) is 24.9 Å². The number of nitrogens with zero attached hydrogens (tertiary/aromatic N) is 2. The monoisotopic (exact) mass is 340 g/mol. The largest absolute Gasteiger partial charge is 0.386 e. The number of carbonyl (C=O) groups is 1. The van der Waals surface area contributed by atoms with Gasteiger partial charge in [-0.3, -0.25) is 4.68 Å². The molecule has 124 valence electrons. The zero-order chi connectivity index (χ0) is 17.0. The van der Waals surface area contributed by atoms with E-state index in [0.29, 0.717) is 11.1 Å². The second-order valence-electron chi connectivity index (χ2n) is 5.21. The molecule has 1 heterocycles. The average molecular weight is 341 g/mol. The molecule has 0 saturated carbocycles. The van der Waals surface area contributed by atoms with E-state index in [4.69, 9.17) is 11.6 Å². The third-order valence-electron chi connectivity index (χ3n) is 3.34. The highest BCUT2D eigenvalue weighted by Crippen LogP contribution is 2.23. The normalized spacial score (nSPS) is 13.4. The quantitative estimate of drug-likeness (QED) is 0.781. The third-order valence-corrected chi connectivity index (χ3v) is 3.67. The van der Waals surface area contributed by atoms with Gasteiger partial charge >= 0.3 is 6.03 Å². The lowest BCUT2D eigenvalue weighted by Gasteiger charge is -2.17. The summed E-state index contributed by atoms with van der Waals surface area (Å²) in [6, 6.07) is 3.13. The summed E-state index contributed by atoms with van der Waals surface area (Å²) in [4.78, 5) is 11.9. The van der Waals surface area contributed by atoms with E-state index in [1.165, 1.54) is 24.4 Å². The van der Waals surface area contributed by atoms with Crippen LogP contribution in [0.5, 0.6) is 0 Å². The van der Waals surface area contributed by atoms with Gasteiger partial charge in [-0.05, 0) is 24.6 Å². The number of rotatable bonds is 5. The molecule has 0 unspecified atom stereocenters. The van der Waals surface area contributed by atoms with Crippen LogP contribution in [0.15, 0.2) is 30.6 Å². The molecule has 2 atom stereocenters. The molecule has 0 fully saturated rings. The maximum absolute atomic E-state index is 13.0. The van der Waals surface area contributed by atoms with Crippen LogP contribution in [0.2, 0.25) is 5.02 Å². The number of aliphatic hydroxyl groups excluding tert-OH is 1. The van der Waals surface area contributed by atoms with Crippen LogP contribution in [0, 0.1) is 5.82 Å². The van der Waals surface area contributed by atoms with Crippen LogP contribution in [0.3, 0.4) is 0 Å². The second kappa shape index (κ2) is 7.43. The van der Waals surface area contributed by atoms with Gasteiger partial charge in [-0.15, -0.1) is 0 Å². The zero-order valence-electron chi connectivity index (χ0n) is 12.8. The van der Waals surface area contributed by atoms with E-state index in [0.717, 1.165) is 0 Å². The fourth-order valence-corrected chi connectivity index (χ4v) is 2.43. The SMILES string of the molecule is C[C@H](NC(=O)NC[C@H](O)c1cnn(C)c1)c1ccc(F)cc1Cl. The van der Waals surface area contributed by atoms with Crippen LogP contribution in [0.4, 0.5) is 9.18 Å². The summed E-state index contributed by atoms with van der Waals surface area (Å²) < 4.78 is 14.6. The molecule has 2 aromatic rings. The Morgan fingerprint density at radius 1 is 1.52 bits per heavy atom. The number of hydrogen-bond donors (Lipinski definition) is 3. The van der Waals surface area contributed by atoms with Crippen molar-refractivity contribution in [1.82, 2.24) is 20.4 Å². The Labute approximate surface area is 138 Å². The molecule has 0 aliphatic heterocycles. The summed E-state index contributed by atoms with van der Waals surface area (Å²) in [6.07, 6.45) is 2.36. The first-order valence-corrected chi connectivity index (χ1v) is 7.40. The van der Waals surface area contributed by atoms with Crippen molar-refractivity contribution in [3.05, 3.63) is 52.6 Å². The Morgan fingerprint density at radius 2 is 2.26 bits per heavy atom. The Kier molecular flexibility index (Phi) is 5.57. The summed E-state index contributed by atoms with van der Waals surface area (Å²) in [5.41, 5.74) is 1.22. The topological polar surface area (TPSA) is 79.2 Å². The van der Waals surface area contributed by atoms with Crippen LogP contribution >= 0.6 is 11.6 Å². The van der Waals surface area contributed by atoms with Crippen molar-refractivity contribution in [2.75, 3.05) is 6.54 Å². The standard InChI is InChI=1S/C15H18ClFN4O2/c1-9(12-4-3-11(17)5-13(12)16)20-15(23)18-7-14(22)10-6-19-21(2)8-10/h3-6,8-9,14,22H,7H2,1-2H3,(H2,18,20,23)/t9-,14-/m0/s1. The minimum atomic E-state index is -0.848. The summed E-state index contributed by atoms with van der Waals surface area (Å²) >= 11 is 5.96. The van der Waals surface area contributed by atoms with E-state index in [1.807, 2.05) is 0 Å². The molecule has 2 rings (SSSR count). The molecule has 0 aliphatic carbocycles. The number of aromatic nitrogens is 2. The zero-order valence-corrected chi connectivity index (χ0v) is 13.5. The van der Waals surface area contributed by atoms with Crippen molar-refractivity contribution < 1.29 is 14.3 Å². The highest BCUT2D eigenvalue weighted by atomic mass is 35.5. The van der Waals surface area contributed by atoms with Gasteiger partial charge in [-0.2, -0.15) is 5.10 Å². The number of aryl methyl sites for hydroxylation is 1. The third kappa shape index (κ3) is 4.67. The number of carbonyl (C=O) groups excluding carboxylic acids is 1. The maximum Gasteiger partial charge on any atom is 0.315 e. The van der Waals surface area contributed by atoms with Crippen molar-refractivity contribution in [3.8, 4) is 0 Å². The van der Waals surface area contributed by atoms with Gasteiger partial charge in [0.15, 0.2) is 0 Å². The Morgan fingerprint density at radius 3 is 2.87 bits per heavy atom. The van der Waals surface area contributed by atoms with E-state index >= 15 is 0 Å². The lowest BCUT2D eigenvalue weighted by Crippen LogP contribution is -2.39. The molecule has 0 spiro atoms. The molecule has 0 aliphatic rings. The van der Waals surface area contributed by atoms with E-state index in [-0.39, 0.29) is 11.6 Å². The smallest absolute Gasteiger partial charge is 0.315 e. The predicted molar refractivity (Wildman–Crippen MR) is 84.5 cm³/mol. The highest BCUT2D eigenvalue weighted by molar-refractivity contribution is 6.31. The molecule has 0 bridgehead atoms. The number of nitrogens with one attached hydrogen (secondary N) is 2. The molecule has 8 heteroatoms. The number of halogens is 2. The molecular formula is C15H18ClFN4O2. The molecule has 1 aromatic heterocycles. The molecule has 0 radical (unpaired) electrons. The summed E-state index contributed by atoms with van der Waals surface area (Å²) in [6.45, 7) is 1.78. The van der Waals surface area contributed by atoms with Gasteiger partial charge in [-0.25, -0.2) is 9.18 Å². The number of benzene rings is 1. The van der Waals surface area contributed by atoms with Crippen molar-refractivity contribution in [3.63, 3.8) is 0 Å². The average Bonchev–Trinajstić information content (AvgIpc) is 2.91. The van der Waals surface area contributed by atoms with Crippen LogP contribution in [-0.2, 0) is 7.05 Å². The summed E-state index contributed by atoms with van der Waals surface area (Å²) in [5.74, 6) is -0.435. The molecule has 3 N–H and O–H groups in total. The second-order valence-corrected chi connectivity index (χ2v) is 5.61. The van der Waals surface area contributed by atoms with Gasteiger partial charge in [0.1, 0.15) is 5.82 Å². The van der Waals surface area contributed by atoms with E-state index in [9.17, 15) is 14.3 Å². The van der Waals surface area contributed by atoms with Gasteiger partial charge in [0.25, 0.3) is 0 Å². The molecule has 1 aromatic carbocycles. The number of aliphatic hydroxyl groups is 1. The van der Waals surface area contributed by atoms with E-state index in [2.05, 4.69) is 15.7 Å². The first kappa shape index (κ1) is 17.2. The Hall–Kier alpha value is -2.12. The summed E-state index contributed by atoms with van der Waals surface area (Å²) in [5, 5.41) is 19.4. The molecule has 0 saturated heterocycles. The van der Waals surface area contributed by atoms with Gasteiger partial charge < -0.3 is 15.7 Å². The molecular weight excluding hydrogens is 323 g/mol. The van der Waals surface area contributed by atoms with Crippen LogP contribution in [0.25, 0.3) is 0 Å². The van der Waals surface area contributed by atoms with E-state index < -0.39 is 24.0 Å². The van der Waals surface area contributed by atoms with Crippen LogP contribution < -0.4 is 10.6 Å². The van der Waals surface area contributed by atoms with Crippen molar-refractivity contribution in [2.45, 2.75) is 19.1 Å². The maximum atomic E-state index is 13.0. The Balaban J connectivity index is 1.86. The molecule has 6 nitrogen and oxygen atoms in total. The van der Waals surface area contributed by atoms with Crippen molar-refractivity contribution in [1.29, 1.82) is 0 Å². The van der Waals surface area contributed by atoms with Crippen LogP contribution in [-0.4, -0.2) is 27.5 Å². The lowest BCUT2D eigenvalue weighted by atomic mass is 10.1. The van der Waals surface area contributed by atoms with Gasteiger partial charge in [0, 0.05) is 30.4 Å². The fraction of sp³-hybridized carbons (Fsp3) is 0.333. The first-order valence-electron chi connectivity index (χ1n) is 7.02. The molecule has 23 heavy (non-hydrogen) atoms. The molecule has 2 amide bonds. The lowest BCUT2D eigenvalue weighted by molar-refractivity contribution is 0.172. The van der Waals surface area contributed by atoms with Gasteiger partial charge in [0.05, 0.1) is 18.3 Å². The number of amides is 2. The summed E-state index contributed by atoms with van der Waals surface area (Å²) in [7, 11) is 1.74. The highest BCUT2D eigenvalue weighted by Gasteiger charge is 2.15. The number of urea groups is 1. The number of hydrogen-bond acceptors (Lipinski definition) is 3. The van der Waals surface area contributed by atoms with Crippen molar-refractivity contribution in [2.24, 2.45) is 7.05 Å². The first-order chi connectivity index (χ1) is 10.9. The van der Waals surface area contributed by atoms with Gasteiger partial charge in [0.2, 0.25) is 0 Å². The fourth-order valence-electron chi connectivity index (χ4n) is 2.10. The predicted octanol–water partition coefficient (Wildman–Crippen LogP) is 2.31. The Bertz CT molecular complexity index is 692.